The molecule has 0 aromatic heterocycles. The molecule has 2 fully saturated rings. The highest BCUT2D eigenvalue weighted by molar-refractivity contribution is 4.93. The molecule has 16 heavy (non-hydrogen) atoms. The third-order valence-corrected chi connectivity index (χ3v) is 4.69. The minimum atomic E-state index is 0.579. The van der Waals surface area contributed by atoms with Crippen LogP contribution in [0.5, 0.6) is 0 Å². The van der Waals surface area contributed by atoms with E-state index in [4.69, 9.17) is 0 Å². The molecular weight excluding hydrogens is 198 g/mol. The summed E-state index contributed by atoms with van der Waals surface area (Å²) >= 11 is 0. The smallest absolute Gasteiger partial charge is 0.0224 e. The summed E-state index contributed by atoms with van der Waals surface area (Å²) in [5, 5.41) is 3.39. The largest absolute Gasteiger partial charge is 0.316 e. The number of nitrogens with one attached hydrogen (secondary N) is 1. The Bertz CT molecular complexity index is 231. The van der Waals surface area contributed by atoms with Crippen LogP contribution in [0.2, 0.25) is 0 Å². The second-order valence-corrected chi connectivity index (χ2v) is 5.65. The lowest BCUT2D eigenvalue weighted by Gasteiger charge is -2.46. The topological polar surface area (TPSA) is 18.5 Å². The van der Waals surface area contributed by atoms with Gasteiger partial charge in [-0.2, -0.15) is 0 Å². The van der Waals surface area contributed by atoms with Crippen molar-refractivity contribution in [3.63, 3.8) is 0 Å². The Labute approximate surface area is 100 Å². The third kappa shape index (κ3) is 2.27. The normalized spacial score (nSPS) is 36.0. The minimum Gasteiger partial charge on any atom is -0.316 e. The van der Waals surface area contributed by atoms with Crippen LogP contribution >= 0.6 is 0 Å². The molecule has 2 heterocycles. The van der Waals surface area contributed by atoms with Gasteiger partial charge in [0, 0.05) is 37.3 Å². The standard InChI is InChI=1S/C13H27N3/c1-10-8-15-7-5-6-13(15)9-16(10)12(3)11(2)14-4/h10-14H,5-9H2,1-4H3. The van der Waals surface area contributed by atoms with E-state index in [-0.39, 0.29) is 0 Å². The van der Waals surface area contributed by atoms with Crippen molar-refractivity contribution in [3.8, 4) is 0 Å². The van der Waals surface area contributed by atoms with Crippen LogP contribution in [0.3, 0.4) is 0 Å². The zero-order chi connectivity index (χ0) is 11.7. The Kier molecular flexibility index (Phi) is 3.88. The second-order valence-electron chi connectivity index (χ2n) is 5.65. The number of fused-ring (bicyclic) bond motifs is 1. The van der Waals surface area contributed by atoms with Gasteiger partial charge in [0.2, 0.25) is 0 Å². The fourth-order valence-corrected chi connectivity index (χ4v) is 3.31. The van der Waals surface area contributed by atoms with E-state index < -0.39 is 0 Å². The molecule has 0 radical (unpaired) electrons. The lowest BCUT2D eigenvalue weighted by molar-refractivity contribution is 0.0241. The first-order valence-corrected chi connectivity index (χ1v) is 6.80. The third-order valence-electron chi connectivity index (χ3n) is 4.69. The molecule has 3 nitrogen and oxygen atoms in total. The summed E-state index contributed by atoms with van der Waals surface area (Å²) < 4.78 is 0. The molecule has 3 heteroatoms. The Hall–Kier alpha value is -0.120. The predicted octanol–water partition coefficient (Wildman–Crippen LogP) is 1.15. The van der Waals surface area contributed by atoms with E-state index >= 15 is 0 Å². The molecule has 4 atom stereocenters. The highest BCUT2D eigenvalue weighted by Crippen LogP contribution is 2.26. The lowest BCUT2D eigenvalue weighted by Crippen LogP contribution is -2.60. The van der Waals surface area contributed by atoms with Crippen LogP contribution in [0.1, 0.15) is 33.6 Å². The van der Waals surface area contributed by atoms with E-state index in [0.29, 0.717) is 18.1 Å². The van der Waals surface area contributed by atoms with Crippen LogP contribution in [0.15, 0.2) is 0 Å². The Morgan fingerprint density at radius 1 is 1.25 bits per heavy atom. The van der Waals surface area contributed by atoms with Gasteiger partial charge in [-0.1, -0.05) is 0 Å². The molecule has 2 saturated heterocycles. The van der Waals surface area contributed by atoms with Crippen molar-refractivity contribution in [2.24, 2.45) is 0 Å². The first-order chi connectivity index (χ1) is 7.63. The van der Waals surface area contributed by atoms with E-state index in [1.165, 1.54) is 32.5 Å². The molecule has 0 bridgehead atoms. The van der Waals surface area contributed by atoms with Crippen LogP contribution in [-0.2, 0) is 0 Å². The maximum Gasteiger partial charge on any atom is 0.0224 e. The van der Waals surface area contributed by atoms with Crippen LogP contribution in [0.25, 0.3) is 0 Å². The second kappa shape index (κ2) is 5.03. The SMILES string of the molecule is CNC(C)C(C)N1CC2CCCN2CC1C. The van der Waals surface area contributed by atoms with E-state index in [1.807, 2.05) is 0 Å². The summed E-state index contributed by atoms with van der Waals surface area (Å²) in [5.41, 5.74) is 0. The summed E-state index contributed by atoms with van der Waals surface area (Å²) in [7, 11) is 2.07. The van der Waals surface area contributed by atoms with Gasteiger partial charge in [0.25, 0.3) is 0 Å². The van der Waals surface area contributed by atoms with Crippen molar-refractivity contribution in [1.29, 1.82) is 0 Å². The van der Waals surface area contributed by atoms with E-state index in [0.717, 1.165) is 6.04 Å². The highest BCUT2D eigenvalue weighted by atomic mass is 15.3. The van der Waals surface area contributed by atoms with Crippen LogP contribution in [0, 0.1) is 0 Å². The van der Waals surface area contributed by atoms with Gasteiger partial charge in [0.15, 0.2) is 0 Å². The van der Waals surface area contributed by atoms with Gasteiger partial charge >= 0.3 is 0 Å². The molecule has 0 spiro atoms. The van der Waals surface area contributed by atoms with Crippen molar-refractivity contribution < 1.29 is 0 Å². The molecule has 4 unspecified atom stereocenters. The summed E-state index contributed by atoms with van der Waals surface area (Å²) in [6, 6.07) is 2.76. The molecule has 2 aliphatic rings. The number of likely N-dealkylation sites (N-methyl/N-ethyl adjacent to an activating group) is 1. The first kappa shape index (κ1) is 12.3. The number of piperazine rings is 1. The zero-order valence-corrected chi connectivity index (χ0v) is 11.2. The van der Waals surface area contributed by atoms with Gasteiger partial charge in [-0.05, 0) is 47.2 Å². The molecule has 1 N–H and O–H groups in total. The molecule has 2 aliphatic heterocycles. The highest BCUT2D eigenvalue weighted by Gasteiger charge is 2.36. The van der Waals surface area contributed by atoms with Gasteiger partial charge in [-0.3, -0.25) is 9.80 Å². The maximum atomic E-state index is 3.39. The van der Waals surface area contributed by atoms with Gasteiger partial charge < -0.3 is 5.32 Å². The monoisotopic (exact) mass is 225 g/mol. The van der Waals surface area contributed by atoms with E-state index in [2.05, 4.69) is 42.9 Å². The van der Waals surface area contributed by atoms with Crippen molar-refractivity contribution in [1.82, 2.24) is 15.1 Å². The van der Waals surface area contributed by atoms with Crippen molar-refractivity contribution in [3.05, 3.63) is 0 Å². The quantitative estimate of drug-likeness (QED) is 0.777. The Morgan fingerprint density at radius 3 is 2.69 bits per heavy atom. The molecule has 0 aliphatic carbocycles. The fraction of sp³-hybridized carbons (Fsp3) is 1.00. The predicted molar refractivity (Wildman–Crippen MR) is 68.7 cm³/mol. The van der Waals surface area contributed by atoms with E-state index in [9.17, 15) is 0 Å². The molecular formula is C13H27N3. The average molecular weight is 225 g/mol. The molecule has 0 aromatic rings. The van der Waals surface area contributed by atoms with Crippen molar-refractivity contribution in [2.45, 2.75) is 57.8 Å². The summed E-state index contributed by atoms with van der Waals surface area (Å²) in [4.78, 5) is 5.39. The number of nitrogens with zero attached hydrogens (tertiary/aromatic N) is 2. The molecule has 0 aromatic carbocycles. The number of hydrogen-bond donors (Lipinski definition) is 1. The Morgan fingerprint density at radius 2 is 2.00 bits per heavy atom. The van der Waals surface area contributed by atoms with E-state index in [1.54, 1.807) is 0 Å². The average Bonchev–Trinajstić information content (AvgIpc) is 2.72. The number of rotatable bonds is 3. The van der Waals surface area contributed by atoms with Gasteiger partial charge in [-0.15, -0.1) is 0 Å². The van der Waals surface area contributed by atoms with Crippen molar-refractivity contribution in [2.75, 3.05) is 26.7 Å². The van der Waals surface area contributed by atoms with Gasteiger partial charge in [0.1, 0.15) is 0 Å². The molecule has 2 rings (SSSR count). The summed E-state index contributed by atoms with van der Waals surface area (Å²) in [6.45, 7) is 10.9. The van der Waals surface area contributed by atoms with Gasteiger partial charge in [-0.25, -0.2) is 0 Å². The molecule has 94 valence electrons. The van der Waals surface area contributed by atoms with Crippen LogP contribution in [-0.4, -0.2) is 60.6 Å². The summed E-state index contributed by atoms with van der Waals surface area (Å²) in [5.74, 6) is 0. The lowest BCUT2D eigenvalue weighted by atomic mass is 10.0. The van der Waals surface area contributed by atoms with Gasteiger partial charge in [0.05, 0.1) is 0 Å². The first-order valence-electron chi connectivity index (χ1n) is 6.80. The minimum absolute atomic E-state index is 0.579. The molecule has 0 amide bonds. The zero-order valence-electron chi connectivity index (χ0n) is 11.2. The van der Waals surface area contributed by atoms with Crippen molar-refractivity contribution >= 4 is 0 Å². The maximum absolute atomic E-state index is 3.39. The van der Waals surface area contributed by atoms with Crippen LogP contribution < -0.4 is 5.32 Å². The van der Waals surface area contributed by atoms with Crippen LogP contribution in [0.4, 0.5) is 0 Å². The Balaban J connectivity index is 1.99. The fourth-order valence-electron chi connectivity index (χ4n) is 3.31. The number of hydrogen-bond acceptors (Lipinski definition) is 3. The molecule has 0 saturated carbocycles. The summed E-state index contributed by atoms with van der Waals surface area (Å²) in [6.07, 6.45) is 2.81.